The van der Waals surface area contributed by atoms with Crippen LogP contribution < -0.4 is 5.73 Å². The zero-order valence-corrected chi connectivity index (χ0v) is 14.4. The van der Waals surface area contributed by atoms with Crippen LogP contribution in [0.15, 0.2) is 0 Å². The average Bonchev–Trinajstić information content (AvgIpc) is 2.83. The quantitative estimate of drug-likeness (QED) is 0.832. The lowest BCUT2D eigenvalue weighted by Crippen LogP contribution is -2.45. The highest BCUT2D eigenvalue weighted by Gasteiger charge is 2.33. The van der Waals surface area contributed by atoms with Crippen LogP contribution in [0.5, 0.6) is 0 Å². The lowest BCUT2D eigenvalue weighted by Gasteiger charge is -2.35. The first kappa shape index (κ1) is 16.8. The first-order valence-corrected chi connectivity index (χ1v) is 8.61. The van der Waals surface area contributed by atoms with Gasteiger partial charge in [-0.15, -0.1) is 10.2 Å². The number of hydrogen-bond donors (Lipinski definition) is 1. The van der Waals surface area contributed by atoms with Gasteiger partial charge in [0.15, 0.2) is 0 Å². The van der Waals surface area contributed by atoms with Gasteiger partial charge >= 0.3 is 0 Å². The van der Waals surface area contributed by atoms with Gasteiger partial charge in [0.05, 0.1) is 25.4 Å². The van der Waals surface area contributed by atoms with Gasteiger partial charge in [0.1, 0.15) is 11.6 Å². The molecule has 0 aromatic carbocycles. The summed E-state index contributed by atoms with van der Waals surface area (Å²) in [4.78, 5) is 2.41. The summed E-state index contributed by atoms with van der Waals surface area (Å²) in [6.45, 7) is 8.41. The van der Waals surface area contributed by atoms with E-state index in [1.165, 1.54) is 0 Å². The number of rotatable bonds is 6. The Bertz CT molecular complexity index is 505. The zero-order chi connectivity index (χ0) is 16.4. The van der Waals surface area contributed by atoms with Crippen molar-refractivity contribution in [3.63, 3.8) is 0 Å². The number of morpholine rings is 1. The summed E-state index contributed by atoms with van der Waals surface area (Å²) in [6.07, 6.45) is 2.55. The predicted octanol–water partition coefficient (Wildman–Crippen LogP) is 0.738. The van der Waals surface area contributed by atoms with E-state index < -0.39 is 0 Å². The third-order valence-corrected chi connectivity index (χ3v) is 4.77. The number of methoxy groups -OCH3 is 1. The average molecular weight is 323 g/mol. The first-order chi connectivity index (χ1) is 11.1. The summed E-state index contributed by atoms with van der Waals surface area (Å²) in [5.41, 5.74) is 5.94. The molecule has 0 spiro atoms. The van der Waals surface area contributed by atoms with E-state index in [0.717, 1.165) is 50.7 Å². The maximum absolute atomic E-state index is 5.94. The number of aromatic nitrogens is 3. The van der Waals surface area contributed by atoms with E-state index in [1.807, 2.05) is 0 Å². The SMILES string of the molecule is COCCn1c(CN2C[C@@H](C)O[C@@H](C)C2)nnc1C1CC(N)C1. The van der Waals surface area contributed by atoms with Crippen molar-refractivity contribution in [1.82, 2.24) is 19.7 Å². The second-order valence-corrected chi connectivity index (χ2v) is 7.00. The van der Waals surface area contributed by atoms with Crippen LogP contribution in [0.3, 0.4) is 0 Å². The summed E-state index contributed by atoms with van der Waals surface area (Å²) in [7, 11) is 1.73. The lowest BCUT2D eigenvalue weighted by molar-refractivity contribution is -0.0713. The van der Waals surface area contributed by atoms with Gasteiger partial charge in [-0.2, -0.15) is 0 Å². The second kappa shape index (κ2) is 7.25. The van der Waals surface area contributed by atoms with E-state index in [-0.39, 0.29) is 12.2 Å². The van der Waals surface area contributed by atoms with E-state index in [2.05, 4.69) is 33.5 Å². The molecule has 0 unspecified atom stereocenters. The monoisotopic (exact) mass is 323 g/mol. The zero-order valence-electron chi connectivity index (χ0n) is 14.4. The van der Waals surface area contributed by atoms with Crippen LogP contribution in [0.25, 0.3) is 0 Å². The molecule has 1 aliphatic carbocycles. The van der Waals surface area contributed by atoms with Gasteiger partial charge in [0.2, 0.25) is 0 Å². The Morgan fingerprint density at radius 2 is 1.91 bits per heavy atom. The first-order valence-electron chi connectivity index (χ1n) is 8.61. The van der Waals surface area contributed by atoms with E-state index in [0.29, 0.717) is 18.6 Å². The molecule has 0 amide bonds. The Kier molecular flexibility index (Phi) is 5.31. The summed E-state index contributed by atoms with van der Waals surface area (Å²) in [6, 6.07) is 0.317. The van der Waals surface area contributed by atoms with Gasteiger partial charge in [0.25, 0.3) is 0 Å². The van der Waals surface area contributed by atoms with Gasteiger partial charge in [-0.1, -0.05) is 0 Å². The van der Waals surface area contributed by atoms with Crippen molar-refractivity contribution < 1.29 is 9.47 Å². The lowest BCUT2D eigenvalue weighted by atomic mass is 9.80. The van der Waals surface area contributed by atoms with Crippen LogP contribution in [-0.2, 0) is 22.6 Å². The standard InChI is InChI=1S/C16H29N5O2/c1-11-8-20(9-12(2)23-11)10-15-18-19-16(13-6-14(17)7-13)21(15)4-5-22-3/h11-14H,4-10,17H2,1-3H3/t11-,12+,13?,14?. The molecule has 3 rings (SSSR count). The molecule has 1 saturated heterocycles. The summed E-state index contributed by atoms with van der Waals surface area (Å²) < 4.78 is 13.3. The summed E-state index contributed by atoms with van der Waals surface area (Å²) in [5.74, 6) is 2.55. The van der Waals surface area contributed by atoms with Gasteiger partial charge in [-0.3, -0.25) is 4.90 Å². The summed E-state index contributed by atoms with van der Waals surface area (Å²) >= 11 is 0. The van der Waals surface area contributed by atoms with Gasteiger partial charge in [-0.25, -0.2) is 0 Å². The molecule has 1 aromatic heterocycles. The Morgan fingerprint density at radius 1 is 1.22 bits per heavy atom. The molecule has 7 heteroatoms. The largest absolute Gasteiger partial charge is 0.383 e. The Hall–Kier alpha value is -1.02. The van der Waals surface area contributed by atoms with E-state index in [9.17, 15) is 0 Å². The molecular weight excluding hydrogens is 294 g/mol. The molecule has 1 saturated carbocycles. The molecular formula is C16H29N5O2. The molecule has 2 aliphatic rings. The third-order valence-electron chi connectivity index (χ3n) is 4.77. The molecule has 2 fully saturated rings. The molecule has 7 nitrogen and oxygen atoms in total. The van der Waals surface area contributed by atoms with Crippen molar-refractivity contribution in [2.75, 3.05) is 26.8 Å². The Labute approximate surface area is 138 Å². The molecule has 0 bridgehead atoms. The van der Waals surface area contributed by atoms with Crippen molar-refractivity contribution in [2.45, 2.75) is 63.9 Å². The molecule has 23 heavy (non-hydrogen) atoms. The molecule has 2 heterocycles. The van der Waals surface area contributed by atoms with Gasteiger partial charge in [0, 0.05) is 38.7 Å². The van der Waals surface area contributed by atoms with Crippen molar-refractivity contribution in [3.8, 4) is 0 Å². The van der Waals surface area contributed by atoms with E-state index in [4.69, 9.17) is 15.2 Å². The highest BCUT2D eigenvalue weighted by molar-refractivity contribution is 5.09. The molecule has 2 atom stereocenters. The Balaban J connectivity index is 1.72. The van der Waals surface area contributed by atoms with Crippen molar-refractivity contribution in [1.29, 1.82) is 0 Å². The number of nitrogens with zero attached hydrogens (tertiary/aromatic N) is 4. The van der Waals surface area contributed by atoms with E-state index in [1.54, 1.807) is 7.11 Å². The maximum Gasteiger partial charge on any atom is 0.147 e. The molecule has 0 radical (unpaired) electrons. The summed E-state index contributed by atoms with van der Waals surface area (Å²) in [5, 5.41) is 8.95. The van der Waals surface area contributed by atoms with Crippen molar-refractivity contribution in [2.24, 2.45) is 5.73 Å². The minimum absolute atomic E-state index is 0.262. The topological polar surface area (TPSA) is 78.4 Å². The molecule has 130 valence electrons. The highest BCUT2D eigenvalue weighted by atomic mass is 16.5. The van der Waals surface area contributed by atoms with Crippen LogP contribution in [0.4, 0.5) is 0 Å². The van der Waals surface area contributed by atoms with Crippen molar-refractivity contribution in [3.05, 3.63) is 11.6 Å². The minimum atomic E-state index is 0.262. The van der Waals surface area contributed by atoms with Crippen LogP contribution in [-0.4, -0.2) is 64.7 Å². The van der Waals surface area contributed by atoms with Crippen LogP contribution in [0.2, 0.25) is 0 Å². The van der Waals surface area contributed by atoms with Gasteiger partial charge < -0.3 is 19.8 Å². The fourth-order valence-electron chi connectivity index (χ4n) is 3.68. The Morgan fingerprint density at radius 3 is 2.52 bits per heavy atom. The number of hydrogen-bond acceptors (Lipinski definition) is 6. The fourth-order valence-corrected chi connectivity index (χ4v) is 3.68. The highest BCUT2D eigenvalue weighted by Crippen LogP contribution is 2.35. The predicted molar refractivity (Wildman–Crippen MR) is 87.1 cm³/mol. The molecule has 2 N–H and O–H groups in total. The maximum atomic E-state index is 5.94. The number of ether oxygens (including phenoxy) is 2. The van der Waals surface area contributed by atoms with Crippen LogP contribution in [0, 0.1) is 0 Å². The molecule has 1 aliphatic heterocycles. The minimum Gasteiger partial charge on any atom is -0.383 e. The third kappa shape index (κ3) is 3.91. The molecule has 1 aromatic rings. The smallest absolute Gasteiger partial charge is 0.147 e. The number of nitrogens with two attached hydrogens (primary N) is 1. The van der Waals surface area contributed by atoms with E-state index >= 15 is 0 Å². The fraction of sp³-hybridized carbons (Fsp3) is 0.875. The second-order valence-electron chi connectivity index (χ2n) is 7.00. The normalized spacial score (nSPS) is 32.0. The van der Waals surface area contributed by atoms with Crippen LogP contribution in [0.1, 0.15) is 44.3 Å². The van der Waals surface area contributed by atoms with Gasteiger partial charge in [-0.05, 0) is 26.7 Å². The van der Waals surface area contributed by atoms with Crippen molar-refractivity contribution >= 4 is 0 Å². The van der Waals surface area contributed by atoms with Crippen LogP contribution >= 0.6 is 0 Å².